The predicted molar refractivity (Wildman–Crippen MR) is 105 cm³/mol. The molecule has 0 unspecified atom stereocenters. The fraction of sp³-hybridized carbons (Fsp3) is 0.125. The quantitative estimate of drug-likeness (QED) is 0.399. The topological polar surface area (TPSA) is 17.1 Å². The van der Waals surface area contributed by atoms with Gasteiger partial charge in [0.2, 0.25) is 0 Å². The van der Waals surface area contributed by atoms with Gasteiger partial charge in [-0.3, -0.25) is 4.79 Å². The third-order valence-corrected chi connectivity index (χ3v) is 4.82. The molecule has 0 atom stereocenters. The first-order valence-electron chi connectivity index (χ1n) is 8.80. The van der Waals surface area contributed by atoms with Gasteiger partial charge in [-0.1, -0.05) is 84.9 Å². The van der Waals surface area contributed by atoms with Gasteiger partial charge in [-0.2, -0.15) is 0 Å². The third-order valence-electron chi connectivity index (χ3n) is 4.82. The van der Waals surface area contributed by atoms with E-state index in [1.165, 1.54) is 16.3 Å². The minimum absolute atomic E-state index is 0.233. The second-order valence-electron chi connectivity index (χ2n) is 6.44. The van der Waals surface area contributed by atoms with Crippen molar-refractivity contribution < 1.29 is 4.79 Å². The van der Waals surface area contributed by atoms with Crippen LogP contribution in [0.25, 0.3) is 21.5 Å². The van der Waals surface area contributed by atoms with Crippen molar-refractivity contribution in [1.29, 1.82) is 0 Å². The number of hydrogen-bond acceptors (Lipinski definition) is 1. The molecule has 0 fully saturated rings. The van der Waals surface area contributed by atoms with Gasteiger partial charge in [-0.05, 0) is 39.9 Å². The van der Waals surface area contributed by atoms with Gasteiger partial charge in [0.25, 0.3) is 0 Å². The van der Waals surface area contributed by atoms with Crippen molar-refractivity contribution in [2.45, 2.75) is 19.3 Å². The van der Waals surface area contributed by atoms with E-state index in [0.717, 1.165) is 29.2 Å². The fourth-order valence-corrected chi connectivity index (χ4v) is 3.55. The summed E-state index contributed by atoms with van der Waals surface area (Å²) in [7, 11) is 0. The van der Waals surface area contributed by atoms with Crippen LogP contribution in [-0.2, 0) is 6.42 Å². The molecule has 0 aromatic heterocycles. The SMILES string of the molecule is O=C(CCCc1cccc2ccccc12)c1cccc2ccccc12. The molecule has 4 aromatic carbocycles. The average Bonchev–Trinajstić information content (AvgIpc) is 2.67. The summed E-state index contributed by atoms with van der Waals surface area (Å²) < 4.78 is 0. The van der Waals surface area contributed by atoms with E-state index < -0.39 is 0 Å². The number of benzene rings is 4. The molecule has 1 nitrogen and oxygen atoms in total. The lowest BCUT2D eigenvalue weighted by Gasteiger charge is -2.08. The Balaban J connectivity index is 1.50. The van der Waals surface area contributed by atoms with Crippen molar-refractivity contribution >= 4 is 27.3 Å². The highest BCUT2D eigenvalue weighted by Gasteiger charge is 2.10. The van der Waals surface area contributed by atoms with Crippen LogP contribution >= 0.6 is 0 Å². The second kappa shape index (κ2) is 6.90. The van der Waals surface area contributed by atoms with Crippen LogP contribution in [0.1, 0.15) is 28.8 Å². The number of carbonyl (C=O) groups is 1. The number of aryl methyl sites for hydroxylation is 1. The smallest absolute Gasteiger partial charge is 0.163 e. The lowest BCUT2D eigenvalue weighted by atomic mass is 9.96. The van der Waals surface area contributed by atoms with Gasteiger partial charge in [-0.15, -0.1) is 0 Å². The molecule has 0 spiro atoms. The maximum absolute atomic E-state index is 12.7. The maximum Gasteiger partial charge on any atom is 0.163 e. The molecule has 25 heavy (non-hydrogen) atoms. The Bertz CT molecular complexity index is 1040. The Hall–Kier alpha value is -2.93. The van der Waals surface area contributed by atoms with Crippen LogP contribution in [0, 0.1) is 0 Å². The van der Waals surface area contributed by atoms with E-state index >= 15 is 0 Å². The Labute approximate surface area is 147 Å². The number of carbonyl (C=O) groups excluding carboxylic acids is 1. The van der Waals surface area contributed by atoms with Crippen LogP contribution in [0.3, 0.4) is 0 Å². The third kappa shape index (κ3) is 3.18. The Kier molecular flexibility index (Phi) is 4.30. The van der Waals surface area contributed by atoms with Crippen LogP contribution in [0.15, 0.2) is 84.9 Å². The Morgan fingerprint density at radius 2 is 1.24 bits per heavy atom. The molecule has 4 rings (SSSR count). The monoisotopic (exact) mass is 324 g/mol. The molecule has 0 bridgehead atoms. The van der Waals surface area contributed by atoms with Gasteiger partial charge >= 0.3 is 0 Å². The molecular weight excluding hydrogens is 304 g/mol. The molecule has 0 radical (unpaired) electrons. The second-order valence-corrected chi connectivity index (χ2v) is 6.44. The molecule has 122 valence electrons. The molecule has 4 aromatic rings. The van der Waals surface area contributed by atoms with E-state index in [1.807, 2.05) is 30.3 Å². The van der Waals surface area contributed by atoms with Crippen molar-refractivity contribution in [2.24, 2.45) is 0 Å². The van der Waals surface area contributed by atoms with E-state index in [9.17, 15) is 4.79 Å². The molecular formula is C24H20O. The number of hydrogen-bond donors (Lipinski definition) is 0. The summed E-state index contributed by atoms with van der Waals surface area (Å²) in [5.41, 5.74) is 2.17. The molecule has 1 heteroatoms. The summed E-state index contributed by atoms with van der Waals surface area (Å²) in [6.07, 6.45) is 2.38. The average molecular weight is 324 g/mol. The van der Waals surface area contributed by atoms with Crippen molar-refractivity contribution in [2.75, 3.05) is 0 Å². The first-order chi connectivity index (χ1) is 12.3. The minimum Gasteiger partial charge on any atom is -0.294 e. The zero-order valence-electron chi connectivity index (χ0n) is 14.1. The van der Waals surface area contributed by atoms with E-state index in [1.54, 1.807) is 0 Å². The number of Topliss-reactive ketones (excluding diaryl/α,β-unsaturated/α-hetero) is 1. The summed E-state index contributed by atoms with van der Waals surface area (Å²) in [5, 5.41) is 4.74. The highest BCUT2D eigenvalue weighted by molar-refractivity contribution is 6.08. The van der Waals surface area contributed by atoms with Gasteiger partial charge in [0.1, 0.15) is 0 Å². The standard InChI is InChI=1S/C24H20O/c25-24(23-16-6-12-20-9-2-4-15-22(20)23)17-7-13-19-11-5-10-18-8-1-3-14-21(18)19/h1-6,8-12,14-16H,7,13,17H2. The van der Waals surface area contributed by atoms with Gasteiger partial charge in [0.15, 0.2) is 5.78 Å². The van der Waals surface area contributed by atoms with Crippen LogP contribution in [0.2, 0.25) is 0 Å². The van der Waals surface area contributed by atoms with E-state index in [0.29, 0.717) is 6.42 Å². The van der Waals surface area contributed by atoms with Gasteiger partial charge in [0.05, 0.1) is 0 Å². The number of rotatable bonds is 5. The van der Waals surface area contributed by atoms with E-state index in [2.05, 4.69) is 54.6 Å². The van der Waals surface area contributed by atoms with E-state index in [-0.39, 0.29) is 5.78 Å². The molecule has 0 heterocycles. The van der Waals surface area contributed by atoms with Crippen LogP contribution in [-0.4, -0.2) is 5.78 Å². The van der Waals surface area contributed by atoms with Gasteiger partial charge < -0.3 is 0 Å². The molecule has 0 aliphatic rings. The first kappa shape index (κ1) is 15.6. The van der Waals surface area contributed by atoms with Crippen molar-refractivity contribution in [1.82, 2.24) is 0 Å². The van der Waals surface area contributed by atoms with Crippen LogP contribution in [0.5, 0.6) is 0 Å². The number of ketones is 1. The lowest BCUT2D eigenvalue weighted by Crippen LogP contribution is -2.01. The first-order valence-corrected chi connectivity index (χ1v) is 8.80. The Morgan fingerprint density at radius 1 is 0.640 bits per heavy atom. The largest absolute Gasteiger partial charge is 0.294 e. The van der Waals surface area contributed by atoms with E-state index in [4.69, 9.17) is 0 Å². The maximum atomic E-state index is 12.7. The Morgan fingerprint density at radius 3 is 2.04 bits per heavy atom. The summed E-state index contributed by atoms with van der Waals surface area (Å²) >= 11 is 0. The summed E-state index contributed by atoms with van der Waals surface area (Å²) in [5.74, 6) is 0.233. The van der Waals surface area contributed by atoms with Crippen LogP contribution < -0.4 is 0 Å². The summed E-state index contributed by atoms with van der Waals surface area (Å²) in [6, 6.07) is 28.9. The zero-order valence-corrected chi connectivity index (χ0v) is 14.1. The summed E-state index contributed by atoms with van der Waals surface area (Å²) in [4.78, 5) is 12.7. The number of fused-ring (bicyclic) bond motifs is 2. The molecule has 0 N–H and O–H groups in total. The van der Waals surface area contributed by atoms with Crippen molar-refractivity contribution in [3.05, 3.63) is 96.1 Å². The van der Waals surface area contributed by atoms with Gasteiger partial charge in [-0.25, -0.2) is 0 Å². The molecule has 0 amide bonds. The summed E-state index contributed by atoms with van der Waals surface area (Å²) in [6.45, 7) is 0. The molecule has 0 saturated carbocycles. The highest BCUT2D eigenvalue weighted by Crippen LogP contribution is 2.23. The zero-order chi connectivity index (χ0) is 17.1. The highest BCUT2D eigenvalue weighted by atomic mass is 16.1. The fourth-order valence-electron chi connectivity index (χ4n) is 3.55. The van der Waals surface area contributed by atoms with Crippen molar-refractivity contribution in [3.63, 3.8) is 0 Å². The predicted octanol–water partition coefficient (Wildman–Crippen LogP) is 6.20. The molecule has 0 aliphatic carbocycles. The van der Waals surface area contributed by atoms with Crippen molar-refractivity contribution in [3.8, 4) is 0 Å². The molecule has 0 aliphatic heterocycles. The normalized spacial score (nSPS) is 11.0. The van der Waals surface area contributed by atoms with Gasteiger partial charge in [0, 0.05) is 12.0 Å². The lowest BCUT2D eigenvalue weighted by molar-refractivity contribution is 0.0982. The minimum atomic E-state index is 0.233. The molecule has 0 saturated heterocycles. The van der Waals surface area contributed by atoms with Crippen LogP contribution in [0.4, 0.5) is 0 Å².